The molecule has 0 N–H and O–H groups in total. The zero-order valence-electron chi connectivity index (χ0n) is 12.6. The van der Waals surface area contributed by atoms with Crippen molar-refractivity contribution in [1.82, 2.24) is 0 Å². The lowest BCUT2D eigenvalue weighted by Crippen LogP contribution is -2.60. The van der Waals surface area contributed by atoms with Gasteiger partial charge in [-0.2, -0.15) is 26.3 Å². The van der Waals surface area contributed by atoms with Crippen LogP contribution in [0.15, 0.2) is 30.3 Å². The van der Waals surface area contributed by atoms with Crippen LogP contribution >= 0.6 is 0 Å². The number of hydrogen-bond acceptors (Lipinski definition) is 2. The highest BCUT2D eigenvalue weighted by atomic mass is 19.4. The third-order valence-corrected chi connectivity index (χ3v) is 4.23. The fourth-order valence-corrected chi connectivity index (χ4v) is 2.75. The highest BCUT2D eigenvalue weighted by Crippen LogP contribution is 2.54. The van der Waals surface area contributed by atoms with E-state index < -0.39 is 36.6 Å². The first-order valence-corrected chi connectivity index (χ1v) is 6.83. The fraction of sp³-hybridized carbons (Fsp3) is 0.571. The predicted octanol–water partition coefficient (Wildman–Crippen LogP) is 3.71. The molecule has 1 aliphatic heterocycles. The van der Waals surface area contributed by atoms with Crippen molar-refractivity contribution in [2.75, 3.05) is 0 Å². The zero-order valence-corrected chi connectivity index (χ0v) is 12.6. The third-order valence-electron chi connectivity index (χ3n) is 4.23. The van der Waals surface area contributed by atoms with Crippen LogP contribution in [-0.2, 0) is 9.31 Å². The number of halogens is 6. The average molecular weight is 340 g/mol. The Balaban J connectivity index is 2.46. The molecule has 0 amide bonds. The molecule has 0 saturated carbocycles. The molecule has 2 rings (SSSR count). The molecular formula is C14H15BF6O2. The molecular weight excluding hydrogens is 325 g/mol. The Hall–Kier alpha value is -1.22. The van der Waals surface area contributed by atoms with Gasteiger partial charge < -0.3 is 9.31 Å². The summed E-state index contributed by atoms with van der Waals surface area (Å²) < 4.78 is 89.4. The molecule has 1 fully saturated rings. The molecule has 23 heavy (non-hydrogen) atoms. The maximum absolute atomic E-state index is 13.1. The molecule has 1 heterocycles. The largest absolute Gasteiger partial charge is 0.494 e. The minimum atomic E-state index is -5.51. The number of alkyl halides is 6. The fourth-order valence-electron chi connectivity index (χ4n) is 2.75. The summed E-state index contributed by atoms with van der Waals surface area (Å²) in [6.07, 6.45) is -11.0. The maximum Gasteiger partial charge on any atom is 0.494 e. The molecule has 1 aliphatic rings. The summed E-state index contributed by atoms with van der Waals surface area (Å²) >= 11 is 0. The van der Waals surface area contributed by atoms with E-state index in [-0.39, 0.29) is 0 Å². The van der Waals surface area contributed by atoms with Crippen molar-refractivity contribution in [1.29, 1.82) is 0 Å². The van der Waals surface area contributed by atoms with E-state index >= 15 is 0 Å². The van der Waals surface area contributed by atoms with Crippen molar-refractivity contribution < 1.29 is 35.7 Å². The lowest BCUT2D eigenvalue weighted by atomic mass is 9.75. The molecule has 0 radical (unpaired) electrons. The third kappa shape index (κ3) is 3.21. The molecule has 2 nitrogen and oxygen atoms in total. The van der Waals surface area contributed by atoms with E-state index in [1.807, 2.05) is 0 Å². The minimum absolute atomic E-state index is 0.354. The van der Waals surface area contributed by atoms with Gasteiger partial charge >= 0.3 is 19.5 Å². The monoisotopic (exact) mass is 340 g/mol. The van der Waals surface area contributed by atoms with Gasteiger partial charge in [0.2, 0.25) is 0 Å². The lowest BCUT2D eigenvalue weighted by Gasteiger charge is -2.43. The van der Waals surface area contributed by atoms with Crippen molar-refractivity contribution in [2.24, 2.45) is 5.92 Å². The first-order valence-electron chi connectivity index (χ1n) is 6.83. The first-order chi connectivity index (χ1) is 10.3. The molecule has 1 aromatic rings. The molecule has 128 valence electrons. The first kappa shape index (κ1) is 18.1. The number of rotatable bonds is 2. The minimum Gasteiger partial charge on any atom is -0.399 e. The van der Waals surface area contributed by atoms with Crippen LogP contribution in [0, 0.1) is 5.92 Å². The van der Waals surface area contributed by atoms with Crippen molar-refractivity contribution in [3.63, 3.8) is 0 Å². The van der Waals surface area contributed by atoms with Gasteiger partial charge in [-0.25, -0.2) is 0 Å². The summed E-state index contributed by atoms with van der Waals surface area (Å²) in [6, 6.07) is 7.88. The molecule has 0 bridgehead atoms. The van der Waals surface area contributed by atoms with Crippen LogP contribution in [0.1, 0.15) is 20.8 Å². The van der Waals surface area contributed by atoms with Gasteiger partial charge in [-0.15, -0.1) is 0 Å². The number of benzene rings is 1. The van der Waals surface area contributed by atoms with Gasteiger partial charge in [0.15, 0.2) is 5.92 Å². The summed E-state index contributed by atoms with van der Waals surface area (Å²) in [7, 11) is -1.30. The highest BCUT2D eigenvalue weighted by molar-refractivity contribution is 6.62. The molecule has 1 saturated heterocycles. The van der Waals surface area contributed by atoms with Crippen LogP contribution < -0.4 is 5.46 Å². The summed E-state index contributed by atoms with van der Waals surface area (Å²) in [4.78, 5) is 0. The normalized spacial score (nSPS) is 25.2. The Morgan fingerprint density at radius 3 is 1.78 bits per heavy atom. The summed E-state index contributed by atoms with van der Waals surface area (Å²) in [5.74, 6) is -3.66. The van der Waals surface area contributed by atoms with Crippen molar-refractivity contribution >= 4 is 12.6 Å². The molecule has 0 spiro atoms. The van der Waals surface area contributed by atoms with Gasteiger partial charge in [-0.3, -0.25) is 0 Å². The molecule has 1 aromatic carbocycles. The molecule has 9 heteroatoms. The van der Waals surface area contributed by atoms with Gasteiger partial charge in [0.05, 0.1) is 11.2 Å². The Morgan fingerprint density at radius 1 is 0.870 bits per heavy atom. The molecule has 0 aromatic heterocycles. The van der Waals surface area contributed by atoms with E-state index in [1.165, 1.54) is 26.0 Å². The lowest BCUT2D eigenvalue weighted by molar-refractivity contribution is -0.330. The van der Waals surface area contributed by atoms with E-state index in [0.717, 1.165) is 6.92 Å². The van der Waals surface area contributed by atoms with E-state index in [2.05, 4.69) is 0 Å². The second-order valence-corrected chi connectivity index (χ2v) is 6.11. The molecule has 1 atom stereocenters. The molecule has 1 unspecified atom stereocenters. The smallest absolute Gasteiger partial charge is 0.399 e. The van der Waals surface area contributed by atoms with Crippen LogP contribution in [0.4, 0.5) is 26.3 Å². The SMILES string of the molecule is CC1(C)OB(c2ccccc2)OC1(C)C(C(F)(F)F)C(F)(F)F. The van der Waals surface area contributed by atoms with Crippen molar-refractivity contribution in [3.05, 3.63) is 30.3 Å². The Morgan fingerprint density at radius 2 is 1.35 bits per heavy atom. The van der Waals surface area contributed by atoms with Gasteiger partial charge in [-0.05, 0) is 26.2 Å². The Bertz CT molecular complexity index is 543. The van der Waals surface area contributed by atoms with Crippen LogP contribution in [0.2, 0.25) is 0 Å². The van der Waals surface area contributed by atoms with E-state index in [9.17, 15) is 26.3 Å². The van der Waals surface area contributed by atoms with E-state index in [1.54, 1.807) is 18.2 Å². The second kappa shape index (κ2) is 5.41. The van der Waals surface area contributed by atoms with Crippen molar-refractivity contribution in [3.8, 4) is 0 Å². The van der Waals surface area contributed by atoms with Gasteiger partial charge in [-0.1, -0.05) is 30.3 Å². The van der Waals surface area contributed by atoms with Crippen LogP contribution in [0.3, 0.4) is 0 Å². The zero-order chi connectivity index (χ0) is 17.7. The predicted molar refractivity (Wildman–Crippen MR) is 72.1 cm³/mol. The summed E-state index contributed by atoms with van der Waals surface area (Å²) in [5.41, 5.74) is -4.07. The second-order valence-electron chi connectivity index (χ2n) is 6.11. The topological polar surface area (TPSA) is 18.5 Å². The van der Waals surface area contributed by atoms with E-state index in [0.29, 0.717) is 5.46 Å². The van der Waals surface area contributed by atoms with Crippen LogP contribution in [0.25, 0.3) is 0 Å². The van der Waals surface area contributed by atoms with Crippen molar-refractivity contribution in [2.45, 2.75) is 44.3 Å². The van der Waals surface area contributed by atoms with Crippen LogP contribution in [0.5, 0.6) is 0 Å². The van der Waals surface area contributed by atoms with Gasteiger partial charge in [0.25, 0.3) is 0 Å². The van der Waals surface area contributed by atoms with E-state index in [4.69, 9.17) is 9.31 Å². The van der Waals surface area contributed by atoms with Gasteiger partial charge in [0.1, 0.15) is 0 Å². The van der Waals surface area contributed by atoms with Gasteiger partial charge in [0, 0.05) is 0 Å². The standard InChI is InChI=1S/C14H15BF6O2/c1-11(2)12(3,10(13(16,17)18)14(19,20)21)23-15(22-11)9-7-5-4-6-8-9/h4-8,10H,1-3H3. The summed E-state index contributed by atoms with van der Waals surface area (Å²) in [5, 5.41) is 0. The Kier molecular flexibility index (Phi) is 4.26. The Labute approximate surface area is 129 Å². The number of hydrogen-bond donors (Lipinski definition) is 0. The quantitative estimate of drug-likeness (QED) is 0.604. The van der Waals surface area contributed by atoms with Crippen LogP contribution in [-0.4, -0.2) is 30.7 Å². The maximum atomic E-state index is 13.1. The average Bonchev–Trinajstić information content (AvgIpc) is 2.57. The molecule has 0 aliphatic carbocycles. The highest BCUT2D eigenvalue weighted by Gasteiger charge is 2.72. The summed E-state index contributed by atoms with van der Waals surface area (Å²) in [6.45, 7) is 3.13.